The molecule has 20 heavy (non-hydrogen) atoms. The number of anilines is 1. The quantitative estimate of drug-likeness (QED) is 0.858. The number of aryl methyl sites for hydroxylation is 2. The van der Waals surface area contributed by atoms with Crippen LogP contribution in [0.25, 0.3) is 0 Å². The molecule has 0 fully saturated rings. The molecule has 2 rings (SSSR count). The Hall–Kier alpha value is -1.95. The van der Waals surface area contributed by atoms with Gasteiger partial charge in [0.2, 0.25) is 5.95 Å². The highest BCUT2D eigenvalue weighted by molar-refractivity contribution is 7.08. The lowest BCUT2D eigenvalue weighted by molar-refractivity contribution is 0.0524. The number of carbonyl (C=O) groups excluding carboxylic acids is 1. The summed E-state index contributed by atoms with van der Waals surface area (Å²) in [5.41, 5.74) is 3.50. The maximum Gasteiger partial charge on any atom is 0.341 e. The molecule has 1 N–H and O–H groups in total. The van der Waals surface area contributed by atoms with Crippen LogP contribution in [-0.2, 0) is 11.3 Å². The summed E-state index contributed by atoms with van der Waals surface area (Å²) in [6, 6.07) is 0. The first kappa shape index (κ1) is 14.5. The van der Waals surface area contributed by atoms with Gasteiger partial charge in [-0.3, -0.25) is 0 Å². The highest BCUT2D eigenvalue weighted by atomic mass is 32.1. The van der Waals surface area contributed by atoms with Crippen molar-refractivity contribution in [2.75, 3.05) is 11.9 Å². The van der Waals surface area contributed by atoms with Gasteiger partial charge in [0.05, 0.1) is 17.9 Å². The molecule has 0 atom stereocenters. The fourth-order valence-electron chi connectivity index (χ4n) is 1.70. The summed E-state index contributed by atoms with van der Waals surface area (Å²) in [7, 11) is 0. The van der Waals surface area contributed by atoms with Gasteiger partial charge in [-0.05, 0) is 42.7 Å². The van der Waals surface area contributed by atoms with Gasteiger partial charge in [-0.1, -0.05) is 0 Å². The normalized spacial score (nSPS) is 10.3. The monoisotopic (exact) mass is 291 g/mol. The van der Waals surface area contributed by atoms with Crippen LogP contribution in [0.2, 0.25) is 0 Å². The Bertz CT molecular complexity index is 610. The van der Waals surface area contributed by atoms with Crippen molar-refractivity contribution in [3.05, 3.63) is 39.3 Å². The Labute approximate surface area is 122 Å². The minimum atomic E-state index is -0.384. The number of nitrogens with one attached hydrogen (secondary N) is 1. The summed E-state index contributed by atoms with van der Waals surface area (Å²) in [4.78, 5) is 20.1. The average molecular weight is 291 g/mol. The van der Waals surface area contributed by atoms with E-state index in [0.29, 0.717) is 30.4 Å². The molecule has 0 radical (unpaired) electrons. The van der Waals surface area contributed by atoms with Crippen molar-refractivity contribution in [3.63, 3.8) is 0 Å². The van der Waals surface area contributed by atoms with Crippen LogP contribution in [0.1, 0.15) is 34.1 Å². The third-order valence-electron chi connectivity index (χ3n) is 2.87. The number of hydrogen-bond acceptors (Lipinski definition) is 6. The van der Waals surface area contributed by atoms with Gasteiger partial charge in [0.15, 0.2) is 0 Å². The fraction of sp³-hybridized carbons (Fsp3) is 0.357. The van der Waals surface area contributed by atoms with E-state index in [1.54, 1.807) is 25.2 Å². The highest BCUT2D eigenvalue weighted by Gasteiger charge is 2.12. The van der Waals surface area contributed by atoms with Crippen molar-refractivity contribution in [3.8, 4) is 0 Å². The molecule has 0 saturated heterocycles. The summed E-state index contributed by atoms with van der Waals surface area (Å²) >= 11 is 1.67. The number of carbonyl (C=O) groups is 1. The van der Waals surface area contributed by atoms with Crippen molar-refractivity contribution in [1.82, 2.24) is 9.97 Å². The molecule has 106 valence electrons. The van der Waals surface area contributed by atoms with E-state index in [4.69, 9.17) is 4.74 Å². The second kappa shape index (κ2) is 6.47. The predicted octanol–water partition coefficient (Wildman–Crippen LogP) is 2.94. The van der Waals surface area contributed by atoms with Crippen LogP contribution in [0.4, 0.5) is 5.95 Å². The van der Waals surface area contributed by atoms with Crippen molar-refractivity contribution in [2.24, 2.45) is 0 Å². The second-order valence-corrected chi connectivity index (χ2v) is 5.09. The van der Waals surface area contributed by atoms with E-state index in [1.807, 2.05) is 0 Å². The summed E-state index contributed by atoms with van der Waals surface area (Å²) in [6.07, 6.45) is 1.50. The molecule has 0 aliphatic heterocycles. The van der Waals surface area contributed by atoms with Gasteiger partial charge in [-0.25, -0.2) is 14.8 Å². The Morgan fingerprint density at radius 2 is 2.20 bits per heavy atom. The zero-order valence-corrected chi connectivity index (χ0v) is 12.6. The smallest absolute Gasteiger partial charge is 0.341 e. The van der Waals surface area contributed by atoms with Crippen molar-refractivity contribution in [1.29, 1.82) is 0 Å². The van der Waals surface area contributed by atoms with E-state index >= 15 is 0 Å². The van der Waals surface area contributed by atoms with E-state index in [2.05, 4.69) is 33.0 Å². The molecule has 0 amide bonds. The van der Waals surface area contributed by atoms with Gasteiger partial charge < -0.3 is 10.1 Å². The van der Waals surface area contributed by atoms with Gasteiger partial charge in [0, 0.05) is 12.7 Å². The zero-order valence-electron chi connectivity index (χ0n) is 11.8. The van der Waals surface area contributed by atoms with Crippen LogP contribution < -0.4 is 5.32 Å². The number of thiophene rings is 1. The molecule has 0 bridgehead atoms. The molecule has 0 aromatic carbocycles. The third kappa shape index (κ3) is 3.33. The largest absolute Gasteiger partial charge is 0.462 e. The number of rotatable bonds is 5. The zero-order chi connectivity index (χ0) is 14.5. The highest BCUT2D eigenvalue weighted by Crippen LogP contribution is 2.15. The molecule has 2 aromatic heterocycles. The Morgan fingerprint density at radius 3 is 2.80 bits per heavy atom. The van der Waals surface area contributed by atoms with Crippen LogP contribution in [-0.4, -0.2) is 22.5 Å². The van der Waals surface area contributed by atoms with E-state index in [9.17, 15) is 4.79 Å². The predicted molar refractivity (Wildman–Crippen MR) is 79.1 cm³/mol. The van der Waals surface area contributed by atoms with Crippen LogP contribution in [0.3, 0.4) is 0 Å². The average Bonchev–Trinajstić information content (AvgIpc) is 2.82. The molecular weight excluding hydrogens is 274 g/mol. The van der Waals surface area contributed by atoms with Crippen LogP contribution in [0, 0.1) is 13.8 Å². The first-order valence-electron chi connectivity index (χ1n) is 6.38. The second-order valence-electron chi connectivity index (χ2n) is 4.35. The molecule has 6 heteroatoms. The molecule has 0 unspecified atom stereocenters. The van der Waals surface area contributed by atoms with Gasteiger partial charge in [0.25, 0.3) is 0 Å². The van der Waals surface area contributed by atoms with E-state index in [0.717, 1.165) is 0 Å². The van der Waals surface area contributed by atoms with Gasteiger partial charge in [0.1, 0.15) is 0 Å². The number of aromatic nitrogens is 2. The Morgan fingerprint density at radius 1 is 1.40 bits per heavy atom. The van der Waals surface area contributed by atoms with Crippen LogP contribution in [0.15, 0.2) is 17.0 Å². The minimum Gasteiger partial charge on any atom is -0.462 e. The lowest BCUT2D eigenvalue weighted by atomic mass is 10.2. The van der Waals surface area contributed by atoms with Gasteiger partial charge in [-0.2, -0.15) is 11.3 Å². The molecule has 0 aliphatic carbocycles. The number of ether oxygens (including phenoxy) is 1. The molecule has 5 nitrogen and oxygen atoms in total. The molecule has 2 aromatic rings. The van der Waals surface area contributed by atoms with Crippen LogP contribution >= 0.6 is 11.3 Å². The summed E-state index contributed by atoms with van der Waals surface area (Å²) in [6.45, 7) is 6.63. The Kier molecular flexibility index (Phi) is 4.68. The van der Waals surface area contributed by atoms with E-state index in [-0.39, 0.29) is 5.97 Å². The standard InChI is InChI=1S/C14H17N3O2S/c1-4-19-13(18)12-6-16-14(17-10(12)3)15-5-11-8-20-7-9(11)2/h6-8H,4-5H2,1-3H3,(H,15,16,17). The van der Waals surface area contributed by atoms with Gasteiger partial charge in [-0.15, -0.1) is 0 Å². The number of esters is 1. The molecule has 0 saturated carbocycles. The first-order valence-corrected chi connectivity index (χ1v) is 7.32. The number of nitrogens with zero attached hydrogens (tertiary/aromatic N) is 2. The fourth-order valence-corrected chi connectivity index (χ4v) is 2.56. The van der Waals surface area contributed by atoms with E-state index in [1.165, 1.54) is 17.3 Å². The maximum atomic E-state index is 11.6. The molecular formula is C14H17N3O2S. The molecule has 0 spiro atoms. The van der Waals surface area contributed by atoms with Crippen LogP contribution in [0.5, 0.6) is 0 Å². The minimum absolute atomic E-state index is 0.343. The molecule has 0 aliphatic rings. The lowest BCUT2D eigenvalue weighted by Crippen LogP contribution is -2.11. The van der Waals surface area contributed by atoms with Crippen molar-refractivity contribution in [2.45, 2.75) is 27.3 Å². The summed E-state index contributed by atoms with van der Waals surface area (Å²) in [5.74, 6) is 0.131. The van der Waals surface area contributed by atoms with E-state index < -0.39 is 0 Å². The molecule has 2 heterocycles. The topological polar surface area (TPSA) is 64.1 Å². The lowest BCUT2D eigenvalue weighted by Gasteiger charge is -2.08. The van der Waals surface area contributed by atoms with Crippen molar-refractivity contribution >= 4 is 23.3 Å². The Balaban J connectivity index is 2.05. The summed E-state index contributed by atoms with van der Waals surface area (Å²) in [5, 5.41) is 7.36. The SMILES string of the molecule is CCOC(=O)c1cnc(NCc2cscc2C)nc1C. The van der Waals surface area contributed by atoms with Crippen molar-refractivity contribution < 1.29 is 9.53 Å². The first-order chi connectivity index (χ1) is 9.61. The maximum absolute atomic E-state index is 11.6. The number of hydrogen-bond donors (Lipinski definition) is 1. The third-order valence-corrected chi connectivity index (χ3v) is 3.78. The van der Waals surface area contributed by atoms with Gasteiger partial charge >= 0.3 is 5.97 Å². The summed E-state index contributed by atoms with van der Waals surface area (Å²) < 4.78 is 4.95.